The summed E-state index contributed by atoms with van der Waals surface area (Å²) in [5.41, 5.74) is -3.17. The first-order chi connectivity index (χ1) is 8.32. The number of rotatable bonds is 3. The second-order valence-corrected chi connectivity index (χ2v) is 3.82. The third-order valence-electron chi connectivity index (χ3n) is 2.64. The molecule has 0 radical (unpaired) electrons. The Labute approximate surface area is 99.3 Å². The molecule has 2 nitrogen and oxygen atoms in total. The van der Waals surface area contributed by atoms with Crippen LogP contribution in [0.2, 0.25) is 0 Å². The van der Waals surface area contributed by atoms with E-state index in [2.05, 4.69) is 9.47 Å². The fraction of sp³-hybridized carbons (Fsp3) is 0.455. The van der Waals surface area contributed by atoms with Gasteiger partial charge >= 0.3 is 6.18 Å². The van der Waals surface area contributed by atoms with Crippen LogP contribution in [0.3, 0.4) is 0 Å². The first kappa shape index (κ1) is 13.1. The minimum absolute atomic E-state index is 0.00804. The summed E-state index contributed by atoms with van der Waals surface area (Å²) in [7, 11) is 0. The summed E-state index contributed by atoms with van der Waals surface area (Å²) in [6.45, 7) is 0.880. The van der Waals surface area contributed by atoms with Gasteiger partial charge in [-0.2, -0.15) is 13.2 Å². The Hall–Kier alpha value is -1.37. The lowest BCUT2D eigenvalue weighted by Gasteiger charge is -2.17. The van der Waals surface area contributed by atoms with Crippen molar-refractivity contribution in [3.8, 4) is 5.75 Å². The second kappa shape index (κ2) is 4.08. The van der Waals surface area contributed by atoms with Crippen LogP contribution in [0.15, 0.2) is 12.1 Å². The van der Waals surface area contributed by atoms with E-state index >= 15 is 0 Å². The van der Waals surface area contributed by atoms with Crippen LogP contribution in [-0.2, 0) is 10.3 Å². The second-order valence-electron chi connectivity index (χ2n) is 3.82. The van der Waals surface area contributed by atoms with Crippen LogP contribution < -0.4 is 4.74 Å². The van der Waals surface area contributed by atoms with Crippen molar-refractivity contribution in [1.29, 1.82) is 0 Å². The average Bonchev–Trinajstić information content (AvgIpc) is 3.03. The minimum atomic E-state index is -4.71. The molecule has 0 amide bonds. The monoisotopic (exact) mass is 268 g/mol. The normalized spacial score (nSPS) is 23.0. The smallest absolute Gasteiger partial charge is 0.424 e. The zero-order valence-electron chi connectivity index (χ0n) is 9.28. The molecule has 2 rings (SSSR count). The largest absolute Gasteiger partial charge is 0.488 e. The van der Waals surface area contributed by atoms with Gasteiger partial charge in [-0.05, 0) is 19.1 Å². The van der Waals surface area contributed by atoms with Crippen molar-refractivity contribution >= 4 is 0 Å². The summed E-state index contributed by atoms with van der Waals surface area (Å²) in [6, 6.07) is 1.18. The zero-order chi connectivity index (χ0) is 13.6. The molecule has 0 spiro atoms. The molecule has 1 aromatic rings. The Morgan fingerprint density at radius 2 is 1.78 bits per heavy atom. The third-order valence-corrected chi connectivity index (χ3v) is 2.64. The summed E-state index contributed by atoms with van der Waals surface area (Å²) in [6.07, 6.45) is -4.71. The molecule has 0 unspecified atom stereocenters. The van der Waals surface area contributed by atoms with Gasteiger partial charge < -0.3 is 9.47 Å². The highest BCUT2D eigenvalue weighted by Crippen LogP contribution is 2.52. The van der Waals surface area contributed by atoms with E-state index in [4.69, 9.17) is 0 Å². The van der Waals surface area contributed by atoms with E-state index in [-0.39, 0.29) is 6.61 Å². The molecule has 0 aromatic heterocycles. The molecular weight excluding hydrogens is 259 g/mol. The lowest BCUT2D eigenvalue weighted by molar-refractivity contribution is -0.187. The molecule has 0 N–H and O–H groups in total. The van der Waals surface area contributed by atoms with E-state index in [1.807, 2.05) is 0 Å². The molecule has 1 aliphatic rings. The van der Waals surface area contributed by atoms with Gasteiger partial charge in [0.1, 0.15) is 0 Å². The number of hydrogen-bond donors (Lipinski definition) is 0. The Balaban J connectivity index is 2.43. The predicted octanol–water partition coefficient (Wildman–Crippen LogP) is 3.15. The van der Waals surface area contributed by atoms with E-state index in [0.717, 1.165) is 0 Å². The Kier molecular flexibility index (Phi) is 2.96. The highest BCUT2D eigenvalue weighted by atomic mass is 19.4. The minimum Gasteiger partial charge on any atom is -0.488 e. The molecule has 1 heterocycles. The molecule has 0 saturated carbocycles. The first-order valence-electron chi connectivity index (χ1n) is 5.15. The van der Waals surface area contributed by atoms with Crippen LogP contribution in [0.1, 0.15) is 12.5 Å². The van der Waals surface area contributed by atoms with Crippen LogP contribution in [0.5, 0.6) is 5.75 Å². The van der Waals surface area contributed by atoms with Gasteiger partial charge in [-0.25, -0.2) is 8.78 Å². The maximum atomic E-state index is 13.5. The molecule has 100 valence electrons. The van der Waals surface area contributed by atoms with Crippen molar-refractivity contribution in [3.05, 3.63) is 29.3 Å². The van der Waals surface area contributed by atoms with Gasteiger partial charge in [0.25, 0.3) is 0 Å². The van der Waals surface area contributed by atoms with Crippen molar-refractivity contribution in [2.45, 2.75) is 18.7 Å². The molecular formula is C11H9F5O2. The molecule has 0 bridgehead atoms. The number of hydrogen-bond acceptors (Lipinski definition) is 2. The van der Waals surface area contributed by atoms with Gasteiger partial charge in [0.2, 0.25) is 5.60 Å². The van der Waals surface area contributed by atoms with E-state index in [1.54, 1.807) is 0 Å². The molecule has 0 aliphatic carbocycles. The average molecular weight is 268 g/mol. The van der Waals surface area contributed by atoms with Crippen molar-refractivity contribution in [1.82, 2.24) is 0 Å². The maximum absolute atomic E-state index is 13.5. The lowest BCUT2D eigenvalue weighted by Crippen LogP contribution is -2.30. The Bertz CT molecular complexity index is 442. The summed E-state index contributed by atoms with van der Waals surface area (Å²) in [5, 5.41) is 0. The van der Waals surface area contributed by atoms with E-state index in [1.165, 1.54) is 6.92 Å². The molecule has 1 atom stereocenters. The van der Waals surface area contributed by atoms with Crippen molar-refractivity contribution in [2.75, 3.05) is 13.2 Å². The molecule has 1 fully saturated rings. The number of halogens is 5. The molecule has 1 aromatic carbocycles. The van der Waals surface area contributed by atoms with Crippen LogP contribution in [0.4, 0.5) is 22.0 Å². The zero-order valence-corrected chi connectivity index (χ0v) is 9.28. The predicted molar refractivity (Wildman–Crippen MR) is 51.2 cm³/mol. The SMILES string of the molecule is CCOc1c(F)cc([C@@]2(C(F)(F)F)CO2)cc1F. The maximum Gasteiger partial charge on any atom is 0.424 e. The number of ether oxygens (including phenoxy) is 2. The molecule has 1 saturated heterocycles. The molecule has 1 aliphatic heterocycles. The standard InChI is InChI=1S/C11H9F5O2/c1-2-17-9-7(12)3-6(4-8(9)13)10(5-18-10)11(14,15)16/h3-4H,2,5H2,1H3/t10-/m1/s1. The van der Waals surface area contributed by atoms with Crippen LogP contribution in [0, 0.1) is 11.6 Å². The quantitative estimate of drug-likeness (QED) is 0.620. The number of benzene rings is 1. The highest BCUT2D eigenvalue weighted by molar-refractivity contribution is 5.37. The number of epoxide rings is 1. The topological polar surface area (TPSA) is 21.8 Å². The fourth-order valence-corrected chi connectivity index (χ4v) is 1.64. The summed E-state index contributed by atoms with van der Waals surface area (Å²) >= 11 is 0. The van der Waals surface area contributed by atoms with Crippen molar-refractivity contribution in [3.63, 3.8) is 0 Å². The van der Waals surface area contributed by atoms with Gasteiger partial charge in [-0.15, -0.1) is 0 Å². The van der Waals surface area contributed by atoms with Crippen LogP contribution in [0.25, 0.3) is 0 Å². The van der Waals surface area contributed by atoms with Gasteiger partial charge in [-0.3, -0.25) is 0 Å². The van der Waals surface area contributed by atoms with Gasteiger partial charge in [0.15, 0.2) is 17.4 Å². The van der Waals surface area contributed by atoms with E-state index in [0.29, 0.717) is 12.1 Å². The van der Waals surface area contributed by atoms with Gasteiger partial charge in [0.05, 0.1) is 13.2 Å². The van der Waals surface area contributed by atoms with Crippen LogP contribution in [-0.4, -0.2) is 19.4 Å². The Morgan fingerprint density at radius 1 is 1.28 bits per heavy atom. The van der Waals surface area contributed by atoms with Crippen LogP contribution >= 0.6 is 0 Å². The van der Waals surface area contributed by atoms with Gasteiger partial charge in [0, 0.05) is 5.56 Å². The van der Waals surface area contributed by atoms with Gasteiger partial charge in [-0.1, -0.05) is 0 Å². The summed E-state index contributed by atoms with van der Waals surface area (Å²) in [4.78, 5) is 0. The Morgan fingerprint density at radius 3 is 2.11 bits per heavy atom. The highest BCUT2D eigenvalue weighted by Gasteiger charge is 2.67. The van der Waals surface area contributed by atoms with E-state index < -0.39 is 41.3 Å². The molecule has 18 heavy (non-hydrogen) atoms. The lowest BCUT2D eigenvalue weighted by atomic mass is 9.99. The van der Waals surface area contributed by atoms with Crippen molar-refractivity contribution in [2.24, 2.45) is 0 Å². The summed E-state index contributed by atoms with van der Waals surface area (Å²) in [5.74, 6) is -3.03. The third kappa shape index (κ3) is 1.92. The summed E-state index contributed by atoms with van der Waals surface area (Å²) < 4.78 is 74.0. The fourth-order valence-electron chi connectivity index (χ4n) is 1.64. The van der Waals surface area contributed by atoms with E-state index in [9.17, 15) is 22.0 Å². The number of alkyl halides is 3. The first-order valence-corrected chi connectivity index (χ1v) is 5.15. The molecule has 7 heteroatoms. The van der Waals surface area contributed by atoms with Crippen molar-refractivity contribution < 1.29 is 31.4 Å².